The molecule has 0 atom stereocenters. The number of aromatic nitrogens is 3. The quantitative estimate of drug-likeness (QED) is 0.303. The van der Waals surface area contributed by atoms with Gasteiger partial charge in [-0.25, -0.2) is 4.98 Å². The van der Waals surface area contributed by atoms with Crippen molar-refractivity contribution in [3.63, 3.8) is 0 Å². The first-order valence-corrected chi connectivity index (χ1v) is 12.1. The van der Waals surface area contributed by atoms with Crippen molar-refractivity contribution in [1.29, 1.82) is 0 Å². The first-order chi connectivity index (χ1) is 18.9. The number of nitrogens with zero attached hydrogens (tertiary/aromatic N) is 3. The minimum absolute atomic E-state index is 0.0548. The Balaban J connectivity index is 1.39. The van der Waals surface area contributed by atoms with Crippen molar-refractivity contribution in [3.8, 4) is 28.7 Å². The van der Waals surface area contributed by atoms with Crippen molar-refractivity contribution < 1.29 is 19.0 Å². The average molecular weight is 523 g/mol. The molecule has 39 heavy (non-hydrogen) atoms. The fourth-order valence-corrected chi connectivity index (χ4v) is 4.42. The van der Waals surface area contributed by atoms with Crippen LogP contribution in [0.15, 0.2) is 83.9 Å². The van der Waals surface area contributed by atoms with Gasteiger partial charge in [-0.05, 0) is 61.9 Å². The summed E-state index contributed by atoms with van der Waals surface area (Å²) >= 11 is 0. The number of fused-ring (bicyclic) bond motifs is 1. The fourth-order valence-electron chi connectivity index (χ4n) is 4.42. The molecule has 196 valence electrons. The third-order valence-corrected chi connectivity index (χ3v) is 6.24. The largest absolute Gasteiger partial charge is 0.493 e. The highest BCUT2D eigenvalue weighted by molar-refractivity contribution is 6.04. The van der Waals surface area contributed by atoms with E-state index in [0.717, 1.165) is 11.1 Å². The summed E-state index contributed by atoms with van der Waals surface area (Å²) in [6.45, 7) is 3.58. The molecule has 0 aliphatic heterocycles. The number of rotatable bonds is 7. The molecule has 0 aliphatic rings. The Morgan fingerprint density at radius 3 is 2.31 bits per heavy atom. The molecule has 3 heterocycles. The predicted molar refractivity (Wildman–Crippen MR) is 149 cm³/mol. The van der Waals surface area contributed by atoms with E-state index >= 15 is 0 Å². The van der Waals surface area contributed by atoms with Gasteiger partial charge >= 0.3 is 0 Å². The molecule has 0 radical (unpaired) electrons. The number of aryl methyl sites for hydroxylation is 2. The predicted octanol–water partition coefficient (Wildman–Crippen LogP) is 5.46. The van der Waals surface area contributed by atoms with E-state index in [1.54, 1.807) is 57.7 Å². The van der Waals surface area contributed by atoms with Gasteiger partial charge in [-0.1, -0.05) is 18.2 Å². The Labute approximate surface area is 224 Å². The lowest BCUT2D eigenvalue weighted by Crippen LogP contribution is -2.31. The van der Waals surface area contributed by atoms with E-state index in [-0.39, 0.29) is 11.4 Å². The molecule has 5 aromatic rings. The first kappa shape index (κ1) is 25.5. The summed E-state index contributed by atoms with van der Waals surface area (Å²) in [4.78, 5) is 35.2. The summed E-state index contributed by atoms with van der Waals surface area (Å²) in [5.41, 5.74) is 2.34. The lowest BCUT2D eigenvalue weighted by atomic mass is 10.1. The zero-order valence-electron chi connectivity index (χ0n) is 21.9. The summed E-state index contributed by atoms with van der Waals surface area (Å²) in [6.07, 6.45) is 3.13. The maximum atomic E-state index is 13.3. The lowest BCUT2D eigenvalue weighted by molar-refractivity contribution is 0.102. The maximum Gasteiger partial charge on any atom is 0.268 e. The fraction of sp³-hybridized carbons (Fsp3) is 0.133. The van der Waals surface area contributed by atoms with E-state index in [1.807, 2.05) is 43.3 Å². The van der Waals surface area contributed by atoms with Crippen LogP contribution in [0.25, 0.3) is 16.6 Å². The van der Waals surface area contributed by atoms with E-state index < -0.39 is 11.5 Å². The molecular weight excluding hydrogens is 496 g/mol. The Morgan fingerprint density at radius 2 is 1.62 bits per heavy atom. The molecule has 9 heteroatoms. The van der Waals surface area contributed by atoms with Crippen LogP contribution in [0, 0.1) is 13.8 Å². The number of amides is 1. The van der Waals surface area contributed by atoms with Gasteiger partial charge in [-0.2, -0.15) is 0 Å². The van der Waals surface area contributed by atoms with E-state index in [1.165, 1.54) is 10.8 Å². The van der Waals surface area contributed by atoms with Crippen LogP contribution in [-0.2, 0) is 0 Å². The number of anilines is 1. The number of benzene rings is 2. The van der Waals surface area contributed by atoms with E-state index in [2.05, 4.69) is 15.3 Å². The molecule has 3 aromatic heterocycles. The molecule has 0 spiro atoms. The highest BCUT2D eigenvalue weighted by Gasteiger charge is 2.19. The zero-order chi connectivity index (χ0) is 27.5. The molecule has 0 saturated carbocycles. The van der Waals surface area contributed by atoms with Gasteiger partial charge < -0.3 is 19.5 Å². The second-order valence-electron chi connectivity index (χ2n) is 8.79. The Hall–Kier alpha value is -5.18. The summed E-state index contributed by atoms with van der Waals surface area (Å²) in [7, 11) is 3.13. The van der Waals surface area contributed by atoms with Crippen LogP contribution in [0.3, 0.4) is 0 Å². The molecule has 5 rings (SSSR count). The number of para-hydroxylation sites is 1. The van der Waals surface area contributed by atoms with Crippen LogP contribution in [0.1, 0.15) is 21.6 Å². The molecule has 0 bridgehead atoms. The smallest absolute Gasteiger partial charge is 0.268 e. The maximum absolute atomic E-state index is 13.3. The third kappa shape index (κ3) is 5.02. The van der Waals surface area contributed by atoms with Gasteiger partial charge in [-0.15, -0.1) is 0 Å². The SMILES string of the molecule is COc1cc2nccc(Oc3ccc(NC(=O)c4c(C)cc(C)n(-c5ccccc5)c4=O)nc3)c2cc1OC. The van der Waals surface area contributed by atoms with Crippen LogP contribution in [-0.4, -0.2) is 34.7 Å². The number of ether oxygens (including phenoxy) is 3. The van der Waals surface area contributed by atoms with Crippen LogP contribution in [0.2, 0.25) is 0 Å². The standard InChI is InChI=1S/C30H26N4O5/c1-18-14-19(2)34(20-8-6-5-7-9-20)30(36)28(18)29(35)33-27-11-10-21(17-32-27)39-24-12-13-31-23-16-26(38-4)25(37-3)15-22(23)24/h5-17H,1-4H3,(H,32,33,35). The van der Waals surface area contributed by atoms with Gasteiger partial charge in [-0.3, -0.25) is 19.1 Å². The molecule has 2 aromatic carbocycles. The van der Waals surface area contributed by atoms with Gasteiger partial charge in [0.25, 0.3) is 11.5 Å². The van der Waals surface area contributed by atoms with Crippen molar-refractivity contribution in [3.05, 3.63) is 106 Å². The molecular formula is C30H26N4O5. The normalized spacial score (nSPS) is 10.8. The van der Waals surface area contributed by atoms with E-state index in [4.69, 9.17) is 14.2 Å². The molecule has 1 amide bonds. The highest BCUT2D eigenvalue weighted by atomic mass is 16.5. The summed E-state index contributed by atoms with van der Waals surface area (Å²) in [5, 5.41) is 3.46. The van der Waals surface area contributed by atoms with E-state index in [0.29, 0.717) is 39.8 Å². The second-order valence-corrected chi connectivity index (χ2v) is 8.79. The van der Waals surface area contributed by atoms with Gasteiger partial charge in [0.15, 0.2) is 11.5 Å². The van der Waals surface area contributed by atoms with E-state index in [9.17, 15) is 9.59 Å². The third-order valence-electron chi connectivity index (χ3n) is 6.24. The van der Waals surface area contributed by atoms with Crippen LogP contribution in [0.5, 0.6) is 23.0 Å². The number of hydrogen-bond donors (Lipinski definition) is 1. The number of methoxy groups -OCH3 is 2. The number of carbonyl (C=O) groups is 1. The Kier molecular flexibility index (Phi) is 6.96. The zero-order valence-corrected chi connectivity index (χ0v) is 21.9. The number of pyridine rings is 3. The Morgan fingerprint density at radius 1 is 0.872 bits per heavy atom. The molecule has 0 saturated heterocycles. The van der Waals surface area contributed by atoms with Gasteiger partial charge in [0.05, 0.1) is 25.9 Å². The van der Waals surface area contributed by atoms with Crippen molar-refractivity contribution >= 4 is 22.6 Å². The first-order valence-electron chi connectivity index (χ1n) is 12.1. The topological polar surface area (TPSA) is 105 Å². The summed E-state index contributed by atoms with van der Waals surface area (Å²) in [5.74, 6) is 1.87. The molecule has 0 fully saturated rings. The second kappa shape index (κ2) is 10.7. The summed E-state index contributed by atoms with van der Waals surface area (Å²) in [6, 6.07) is 19.6. The molecule has 0 aliphatic carbocycles. The minimum Gasteiger partial charge on any atom is -0.493 e. The van der Waals surface area contributed by atoms with Gasteiger partial charge in [0.2, 0.25) is 0 Å². The number of hydrogen-bond acceptors (Lipinski definition) is 7. The summed E-state index contributed by atoms with van der Waals surface area (Å²) < 4.78 is 18.4. The molecule has 9 nitrogen and oxygen atoms in total. The van der Waals surface area contributed by atoms with Crippen LogP contribution in [0.4, 0.5) is 5.82 Å². The Bertz CT molecular complexity index is 1730. The van der Waals surface area contributed by atoms with Crippen molar-refractivity contribution in [2.75, 3.05) is 19.5 Å². The van der Waals surface area contributed by atoms with Crippen molar-refractivity contribution in [2.45, 2.75) is 13.8 Å². The highest BCUT2D eigenvalue weighted by Crippen LogP contribution is 2.36. The minimum atomic E-state index is -0.537. The van der Waals surface area contributed by atoms with Gasteiger partial charge in [0.1, 0.15) is 22.9 Å². The number of carbonyl (C=O) groups excluding carboxylic acids is 1. The van der Waals surface area contributed by atoms with Crippen LogP contribution >= 0.6 is 0 Å². The molecule has 0 unspecified atom stereocenters. The number of nitrogens with one attached hydrogen (secondary N) is 1. The van der Waals surface area contributed by atoms with Gasteiger partial charge in [0, 0.05) is 29.0 Å². The van der Waals surface area contributed by atoms with Crippen molar-refractivity contribution in [1.82, 2.24) is 14.5 Å². The van der Waals surface area contributed by atoms with Crippen LogP contribution < -0.4 is 25.1 Å². The average Bonchev–Trinajstić information content (AvgIpc) is 2.93. The molecule has 1 N–H and O–H groups in total. The van der Waals surface area contributed by atoms with Crippen molar-refractivity contribution in [2.24, 2.45) is 0 Å². The lowest BCUT2D eigenvalue weighted by Gasteiger charge is -2.14. The monoisotopic (exact) mass is 522 g/mol.